The SMILES string of the molecule is C[N+]1(Cc2ccc(Cl)c(Cl)c2)CCN(CCCn2c(SCc3ccc(Cl)c(Cl)c3)nc3ccc(Br)cc3c2=O)CC1.[Br-]. The van der Waals surface area contributed by atoms with Gasteiger partial charge in [-0.2, -0.15) is 0 Å². The van der Waals surface area contributed by atoms with Crippen LogP contribution in [-0.2, 0) is 18.8 Å². The Kier molecular flexibility index (Phi) is 12.2. The summed E-state index contributed by atoms with van der Waals surface area (Å²) >= 11 is 29.7. The molecule has 1 aliphatic rings. The number of fused-ring (bicyclic) bond motifs is 1. The fourth-order valence-corrected chi connectivity index (χ4v) is 7.13. The summed E-state index contributed by atoms with van der Waals surface area (Å²) in [5, 5.41) is 3.57. The number of aromatic nitrogens is 2. The third-order valence-electron chi connectivity index (χ3n) is 7.55. The molecule has 2 heterocycles. The summed E-state index contributed by atoms with van der Waals surface area (Å²) < 4.78 is 3.65. The molecule has 1 aliphatic heterocycles. The van der Waals surface area contributed by atoms with E-state index >= 15 is 0 Å². The van der Waals surface area contributed by atoms with Gasteiger partial charge in [-0.25, -0.2) is 4.98 Å². The van der Waals surface area contributed by atoms with Gasteiger partial charge in [0.15, 0.2) is 5.16 Å². The summed E-state index contributed by atoms with van der Waals surface area (Å²) in [6.45, 7) is 6.57. The molecule has 0 N–H and O–H groups in total. The molecule has 0 spiro atoms. The van der Waals surface area contributed by atoms with Gasteiger partial charge in [-0.15, -0.1) is 0 Å². The maximum absolute atomic E-state index is 13.6. The molecule has 5 nitrogen and oxygen atoms in total. The largest absolute Gasteiger partial charge is 1.00 e. The van der Waals surface area contributed by atoms with E-state index in [0.717, 1.165) is 60.2 Å². The van der Waals surface area contributed by atoms with Gasteiger partial charge in [0, 0.05) is 42.0 Å². The Morgan fingerprint density at radius 1 is 0.881 bits per heavy atom. The van der Waals surface area contributed by atoms with Crippen molar-refractivity contribution in [1.82, 2.24) is 14.5 Å². The van der Waals surface area contributed by atoms with Crippen LogP contribution in [0.3, 0.4) is 0 Å². The molecule has 4 aromatic rings. The Morgan fingerprint density at radius 3 is 2.19 bits per heavy atom. The summed E-state index contributed by atoms with van der Waals surface area (Å²) in [6, 6.07) is 17.2. The summed E-state index contributed by atoms with van der Waals surface area (Å²) in [6.07, 6.45) is 0.859. The molecule has 224 valence electrons. The number of likely N-dealkylation sites (N-methyl/N-ethyl adjacent to an activating group) is 1. The smallest absolute Gasteiger partial charge is 0.262 e. The van der Waals surface area contributed by atoms with Gasteiger partial charge in [0.1, 0.15) is 6.54 Å². The van der Waals surface area contributed by atoms with Crippen LogP contribution < -0.4 is 22.5 Å². The topological polar surface area (TPSA) is 38.1 Å². The number of nitrogens with zero attached hydrogens (tertiary/aromatic N) is 4. The van der Waals surface area contributed by atoms with Crippen molar-refractivity contribution in [2.75, 3.05) is 39.8 Å². The standard InChI is InChI=1S/C30H30BrCl4N4OS.BrH/c1-39(18-20-3-6-24(32)26(34)15-20)13-11-37(12-14-39)9-2-10-38-29(40)23-17-22(31)5-8-28(23)36-30(38)41-19-21-4-7-25(33)27(35)16-21;/h3-8,15-17H,2,9-14,18-19H2,1H3;1H/q+1;/p-1. The summed E-state index contributed by atoms with van der Waals surface area (Å²) in [7, 11) is 2.30. The van der Waals surface area contributed by atoms with E-state index in [1.54, 1.807) is 17.8 Å². The highest BCUT2D eigenvalue weighted by atomic mass is 79.9. The minimum atomic E-state index is -0.0163. The van der Waals surface area contributed by atoms with Crippen LogP contribution in [-0.4, -0.2) is 58.7 Å². The number of piperazine rings is 1. The van der Waals surface area contributed by atoms with Crippen molar-refractivity contribution >= 4 is 85.0 Å². The predicted octanol–water partition coefficient (Wildman–Crippen LogP) is 5.42. The number of benzene rings is 3. The van der Waals surface area contributed by atoms with Crippen molar-refractivity contribution in [2.24, 2.45) is 0 Å². The van der Waals surface area contributed by atoms with Gasteiger partial charge >= 0.3 is 0 Å². The zero-order chi connectivity index (χ0) is 29.1. The van der Waals surface area contributed by atoms with E-state index < -0.39 is 0 Å². The van der Waals surface area contributed by atoms with E-state index in [1.807, 2.05) is 47.0 Å². The normalized spacial score (nSPS) is 15.1. The van der Waals surface area contributed by atoms with Gasteiger partial charge in [-0.1, -0.05) is 86.2 Å². The van der Waals surface area contributed by atoms with Gasteiger partial charge < -0.3 is 21.5 Å². The van der Waals surface area contributed by atoms with Crippen LogP contribution in [0.4, 0.5) is 0 Å². The fraction of sp³-hybridized carbons (Fsp3) is 0.333. The molecule has 0 aliphatic carbocycles. The van der Waals surface area contributed by atoms with E-state index in [-0.39, 0.29) is 22.5 Å². The first-order valence-electron chi connectivity index (χ1n) is 13.4. The van der Waals surface area contributed by atoms with Gasteiger partial charge in [0.05, 0.1) is 51.1 Å². The monoisotopic (exact) mass is 792 g/mol. The maximum atomic E-state index is 13.6. The summed E-state index contributed by atoms with van der Waals surface area (Å²) in [5.74, 6) is 0.632. The number of hydrogen-bond donors (Lipinski definition) is 0. The van der Waals surface area contributed by atoms with Gasteiger partial charge in [-0.05, 0) is 54.4 Å². The molecule has 1 saturated heterocycles. The van der Waals surface area contributed by atoms with Crippen molar-refractivity contribution in [2.45, 2.75) is 30.4 Å². The van der Waals surface area contributed by atoms with E-state index in [1.165, 1.54) is 5.56 Å². The minimum absolute atomic E-state index is 0. The predicted molar refractivity (Wildman–Crippen MR) is 177 cm³/mol. The lowest BCUT2D eigenvalue weighted by atomic mass is 10.1. The first-order valence-corrected chi connectivity index (χ1v) is 16.7. The molecule has 5 rings (SSSR count). The molecule has 0 saturated carbocycles. The second-order valence-corrected chi connectivity index (χ2v) is 14.2. The Labute approximate surface area is 289 Å². The quantitative estimate of drug-likeness (QED) is 0.129. The third-order valence-corrected chi connectivity index (χ3v) is 10.6. The molecule has 0 atom stereocenters. The lowest BCUT2D eigenvalue weighted by Crippen LogP contribution is -3.00. The third kappa shape index (κ3) is 8.46. The Bertz CT molecular complexity index is 1630. The molecular formula is C30H30Br2Cl4N4OS. The maximum Gasteiger partial charge on any atom is 0.262 e. The number of rotatable bonds is 9. The lowest BCUT2D eigenvalue weighted by molar-refractivity contribution is -0.926. The van der Waals surface area contributed by atoms with Crippen LogP contribution in [0.1, 0.15) is 17.5 Å². The second kappa shape index (κ2) is 15.0. The highest BCUT2D eigenvalue weighted by molar-refractivity contribution is 9.10. The van der Waals surface area contributed by atoms with Crippen LogP contribution in [0.5, 0.6) is 0 Å². The molecule has 3 aromatic carbocycles. The van der Waals surface area contributed by atoms with E-state index in [4.69, 9.17) is 51.4 Å². The summed E-state index contributed by atoms with van der Waals surface area (Å²) in [4.78, 5) is 21.0. The molecule has 42 heavy (non-hydrogen) atoms. The van der Waals surface area contributed by atoms with Gasteiger partial charge in [-0.3, -0.25) is 14.3 Å². The van der Waals surface area contributed by atoms with E-state index in [0.29, 0.717) is 48.4 Å². The molecule has 0 unspecified atom stereocenters. The summed E-state index contributed by atoms with van der Waals surface area (Å²) in [5.41, 5.74) is 2.91. The molecule has 0 amide bonds. The van der Waals surface area contributed by atoms with Crippen LogP contribution in [0.25, 0.3) is 10.9 Å². The average molecular weight is 796 g/mol. The van der Waals surface area contributed by atoms with Crippen LogP contribution >= 0.6 is 74.1 Å². The zero-order valence-electron chi connectivity index (χ0n) is 22.9. The number of quaternary nitrogens is 1. The van der Waals surface area contributed by atoms with Crippen molar-refractivity contribution in [3.05, 3.63) is 101 Å². The van der Waals surface area contributed by atoms with Crippen molar-refractivity contribution in [1.29, 1.82) is 0 Å². The first-order chi connectivity index (χ1) is 19.6. The molecule has 1 aromatic heterocycles. The molecule has 0 bridgehead atoms. The minimum Gasteiger partial charge on any atom is -1.00 e. The van der Waals surface area contributed by atoms with Crippen molar-refractivity contribution in [3.8, 4) is 0 Å². The molecule has 1 fully saturated rings. The Morgan fingerprint density at radius 2 is 1.52 bits per heavy atom. The molecule has 12 heteroatoms. The molecular weight excluding hydrogens is 766 g/mol. The average Bonchev–Trinajstić information content (AvgIpc) is 2.94. The van der Waals surface area contributed by atoms with Crippen LogP contribution in [0.2, 0.25) is 20.1 Å². The van der Waals surface area contributed by atoms with Crippen molar-refractivity contribution < 1.29 is 21.5 Å². The number of hydrogen-bond acceptors (Lipinski definition) is 4. The van der Waals surface area contributed by atoms with Crippen molar-refractivity contribution in [3.63, 3.8) is 0 Å². The second-order valence-electron chi connectivity index (χ2n) is 10.7. The Balaban J connectivity index is 0.00000405. The van der Waals surface area contributed by atoms with E-state index in [2.05, 4.69) is 33.9 Å². The number of halogens is 6. The van der Waals surface area contributed by atoms with Gasteiger partial charge in [0.25, 0.3) is 5.56 Å². The zero-order valence-corrected chi connectivity index (χ0v) is 29.9. The fourth-order valence-electron chi connectivity index (χ4n) is 5.16. The van der Waals surface area contributed by atoms with E-state index in [9.17, 15) is 4.79 Å². The first kappa shape index (κ1) is 34.1. The highest BCUT2D eigenvalue weighted by Crippen LogP contribution is 2.28. The van der Waals surface area contributed by atoms with Gasteiger partial charge in [0.2, 0.25) is 0 Å². The Hall–Kier alpha value is -0.810. The van der Waals surface area contributed by atoms with Crippen LogP contribution in [0.15, 0.2) is 69.0 Å². The van der Waals surface area contributed by atoms with Crippen LogP contribution in [0, 0.1) is 0 Å². The lowest BCUT2D eigenvalue weighted by Gasteiger charge is -2.42. The highest BCUT2D eigenvalue weighted by Gasteiger charge is 2.29. The molecule has 0 radical (unpaired) electrons. The number of thioether (sulfide) groups is 1.